The van der Waals surface area contributed by atoms with E-state index in [1.54, 1.807) is 12.1 Å². The van der Waals surface area contributed by atoms with Crippen LogP contribution in [0.15, 0.2) is 59.7 Å². The number of benzene rings is 2. The summed E-state index contributed by atoms with van der Waals surface area (Å²) in [7, 11) is 1.60. The van der Waals surface area contributed by atoms with Gasteiger partial charge in [0.15, 0.2) is 0 Å². The summed E-state index contributed by atoms with van der Waals surface area (Å²) in [6, 6.07) is 16.1. The Kier molecular flexibility index (Phi) is 3.30. The van der Waals surface area contributed by atoms with E-state index in [9.17, 15) is 9.59 Å². The lowest BCUT2D eigenvalue weighted by atomic mass is 9.93. The summed E-state index contributed by atoms with van der Waals surface area (Å²) in [6.45, 7) is 0. The third-order valence-electron chi connectivity index (χ3n) is 4.29. The van der Waals surface area contributed by atoms with Crippen LogP contribution >= 0.6 is 0 Å². The lowest BCUT2D eigenvalue weighted by Gasteiger charge is -2.19. The van der Waals surface area contributed by atoms with Gasteiger partial charge in [0.2, 0.25) is 5.91 Å². The van der Waals surface area contributed by atoms with E-state index < -0.39 is 12.0 Å². The largest absolute Gasteiger partial charge is 0.497 e. The van der Waals surface area contributed by atoms with E-state index in [-0.39, 0.29) is 11.8 Å². The maximum atomic E-state index is 12.3. The molecule has 24 heavy (non-hydrogen) atoms. The summed E-state index contributed by atoms with van der Waals surface area (Å²) in [6.07, 6.45) is 0. The molecule has 0 unspecified atom stereocenters. The van der Waals surface area contributed by atoms with Gasteiger partial charge in [-0.25, -0.2) is 0 Å². The van der Waals surface area contributed by atoms with Crippen molar-refractivity contribution in [1.82, 2.24) is 5.32 Å². The Bertz CT molecular complexity index is 830. The first kappa shape index (κ1) is 14.4. The number of rotatable bonds is 3. The predicted octanol–water partition coefficient (Wildman–Crippen LogP) is 1.56. The molecule has 0 aromatic heterocycles. The molecule has 2 amide bonds. The molecule has 0 radical (unpaired) electrons. The van der Waals surface area contributed by atoms with Crippen LogP contribution in [0.2, 0.25) is 0 Å². The molecule has 6 nitrogen and oxygen atoms in total. The molecular weight excluding hydrogens is 306 g/mol. The van der Waals surface area contributed by atoms with E-state index in [2.05, 4.69) is 10.4 Å². The van der Waals surface area contributed by atoms with Gasteiger partial charge in [-0.3, -0.25) is 19.9 Å². The van der Waals surface area contributed by atoms with Gasteiger partial charge in [-0.2, -0.15) is 5.10 Å². The molecule has 0 spiro atoms. The van der Waals surface area contributed by atoms with Gasteiger partial charge in [0.25, 0.3) is 5.91 Å². The molecule has 1 saturated heterocycles. The topological polar surface area (TPSA) is 71.0 Å². The van der Waals surface area contributed by atoms with Crippen molar-refractivity contribution in [2.45, 2.75) is 6.04 Å². The van der Waals surface area contributed by atoms with Gasteiger partial charge >= 0.3 is 0 Å². The van der Waals surface area contributed by atoms with E-state index >= 15 is 0 Å². The van der Waals surface area contributed by atoms with E-state index in [1.165, 1.54) is 0 Å². The monoisotopic (exact) mass is 321 g/mol. The summed E-state index contributed by atoms with van der Waals surface area (Å²) < 4.78 is 5.16. The van der Waals surface area contributed by atoms with Crippen LogP contribution in [0.3, 0.4) is 0 Å². The molecule has 6 heteroatoms. The highest BCUT2D eigenvalue weighted by atomic mass is 16.5. The minimum absolute atomic E-state index is 0.307. The van der Waals surface area contributed by atoms with Gasteiger partial charge in [0.1, 0.15) is 17.7 Å². The zero-order valence-corrected chi connectivity index (χ0v) is 13.0. The van der Waals surface area contributed by atoms with Gasteiger partial charge in [0, 0.05) is 0 Å². The predicted molar refractivity (Wildman–Crippen MR) is 88.9 cm³/mol. The number of para-hydroxylation sites is 1. The van der Waals surface area contributed by atoms with Crippen LogP contribution in [-0.4, -0.2) is 30.7 Å². The van der Waals surface area contributed by atoms with E-state index in [0.717, 1.165) is 17.0 Å². The Balaban J connectivity index is 1.79. The third-order valence-corrected chi connectivity index (χ3v) is 4.29. The average molecular weight is 321 g/mol. The van der Waals surface area contributed by atoms with Crippen molar-refractivity contribution in [2.75, 3.05) is 12.1 Å². The second-order valence-electron chi connectivity index (χ2n) is 5.67. The van der Waals surface area contributed by atoms with Gasteiger partial charge in [-0.15, -0.1) is 0 Å². The second kappa shape index (κ2) is 5.49. The number of carbonyl (C=O) groups is 2. The SMILES string of the molecule is COc1ccc(C2=NN(c3ccccc3)[C@@H]3C(=O)NC(=O)[C@H]23)cc1. The van der Waals surface area contributed by atoms with Crippen LogP contribution in [0.1, 0.15) is 5.56 Å². The van der Waals surface area contributed by atoms with Crippen LogP contribution in [0.25, 0.3) is 0 Å². The molecule has 2 heterocycles. The molecule has 2 aliphatic heterocycles. The number of hydrazone groups is 1. The molecule has 2 aromatic carbocycles. The third kappa shape index (κ3) is 2.15. The van der Waals surface area contributed by atoms with Crippen molar-refractivity contribution >= 4 is 23.2 Å². The summed E-state index contributed by atoms with van der Waals surface area (Å²) in [4.78, 5) is 24.5. The van der Waals surface area contributed by atoms with Crippen LogP contribution < -0.4 is 15.1 Å². The summed E-state index contributed by atoms with van der Waals surface area (Å²) in [5.41, 5.74) is 2.17. The molecule has 4 rings (SSSR count). The first-order valence-corrected chi connectivity index (χ1v) is 7.61. The zero-order valence-electron chi connectivity index (χ0n) is 13.0. The van der Waals surface area contributed by atoms with Crippen LogP contribution in [0, 0.1) is 5.92 Å². The Labute approximate surface area is 138 Å². The minimum Gasteiger partial charge on any atom is -0.497 e. The number of nitrogens with one attached hydrogen (secondary N) is 1. The molecular formula is C18H15N3O3. The molecule has 2 aromatic rings. The van der Waals surface area contributed by atoms with Crippen molar-refractivity contribution in [2.24, 2.45) is 11.0 Å². The molecule has 120 valence electrons. The van der Waals surface area contributed by atoms with Gasteiger partial charge < -0.3 is 4.74 Å². The maximum Gasteiger partial charge on any atom is 0.252 e. The van der Waals surface area contributed by atoms with E-state index in [4.69, 9.17) is 4.74 Å². The Morgan fingerprint density at radius 2 is 1.71 bits per heavy atom. The van der Waals surface area contributed by atoms with Crippen LogP contribution in [0.4, 0.5) is 5.69 Å². The molecule has 1 N–H and O–H groups in total. The lowest BCUT2D eigenvalue weighted by Crippen LogP contribution is -2.37. The smallest absolute Gasteiger partial charge is 0.252 e. The second-order valence-corrected chi connectivity index (χ2v) is 5.67. The lowest BCUT2D eigenvalue weighted by molar-refractivity contribution is -0.125. The number of anilines is 1. The summed E-state index contributed by atoms with van der Waals surface area (Å²) in [5.74, 6) is -0.508. The van der Waals surface area contributed by atoms with Crippen molar-refractivity contribution in [3.05, 3.63) is 60.2 Å². The van der Waals surface area contributed by atoms with Crippen molar-refractivity contribution in [3.8, 4) is 5.75 Å². The highest BCUT2D eigenvalue weighted by Crippen LogP contribution is 2.34. The maximum absolute atomic E-state index is 12.3. The molecule has 0 bridgehead atoms. The first-order valence-electron chi connectivity index (χ1n) is 7.61. The van der Waals surface area contributed by atoms with Crippen LogP contribution in [-0.2, 0) is 9.59 Å². The number of fused-ring (bicyclic) bond motifs is 1. The zero-order chi connectivity index (χ0) is 16.7. The standard InChI is InChI=1S/C18H15N3O3/c1-24-13-9-7-11(8-10-13)15-14-16(18(23)19-17(14)22)21(20-15)12-5-3-2-4-6-12/h2-10,14,16H,1H3,(H,19,22,23)/t14-,16+/m1/s1. The van der Waals surface area contributed by atoms with E-state index in [1.807, 2.05) is 54.6 Å². The van der Waals surface area contributed by atoms with Gasteiger partial charge in [-0.1, -0.05) is 18.2 Å². The number of ether oxygens (including phenoxy) is 1. The molecule has 2 aliphatic rings. The van der Waals surface area contributed by atoms with Gasteiger partial charge in [-0.05, 0) is 42.0 Å². The van der Waals surface area contributed by atoms with Crippen LogP contribution in [0.5, 0.6) is 5.75 Å². The highest BCUT2D eigenvalue weighted by molar-refractivity contribution is 6.25. The van der Waals surface area contributed by atoms with Crippen molar-refractivity contribution < 1.29 is 14.3 Å². The molecule has 2 atom stereocenters. The minimum atomic E-state index is -0.642. The quantitative estimate of drug-likeness (QED) is 0.871. The number of nitrogens with zero attached hydrogens (tertiary/aromatic N) is 2. The fraction of sp³-hybridized carbons (Fsp3) is 0.167. The normalized spacial score (nSPS) is 22.2. The molecule has 0 saturated carbocycles. The Morgan fingerprint density at radius 3 is 2.38 bits per heavy atom. The Hall–Kier alpha value is -3.15. The number of amides is 2. The molecule has 1 fully saturated rings. The van der Waals surface area contributed by atoms with E-state index in [0.29, 0.717) is 5.71 Å². The van der Waals surface area contributed by atoms with Crippen molar-refractivity contribution in [3.63, 3.8) is 0 Å². The number of hydrogen-bond donors (Lipinski definition) is 1. The number of imide groups is 1. The number of hydrogen-bond acceptors (Lipinski definition) is 5. The Morgan fingerprint density at radius 1 is 1.00 bits per heavy atom. The summed E-state index contributed by atoms with van der Waals surface area (Å²) >= 11 is 0. The fourth-order valence-corrected chi connectivity index (χ4v) is 3.13. The van der Waals surface area contributed by atoms with Crippen molar-refractivity contribution in [1.29, 1.82) is 0 Å². The highest BCUT2D eigenvalue weighted by Gasteiger charge is 2.52. The summed E-state index contributed by atoms with van der Waals surface area (Å²) in [5, 5.41) is 8.64. The first-order chi connectivity index (χ1) is 11.7. The fourth-order valence-electron chi connectivity index (χ4n) is 3.13. The average Bonchev–Trinajstić information content (AvgIpc) is 3.15. The number of methoxy groups -OCH3 is 1. The molecule has 0 aliphatic carbocycles. The van der Waals surface area contributed by atoms with Gasteiger partial charge in [0.05, 0.1) is 18.5 Å². The number of carbonyl (C=O) groups excluding carboxylic acids is 2.